The largest absolute Gasteiger partial charge is 0.353 e. The fraction of sp³-hybridized carbons (Fsp3) is 0.353. The van der Waals surface area contributed by atoms with Gasteiger partial charge in [0.1, 0.15) is 23.6 Å². The summed E-state index contributed by atoms with van der Waals surface area (Å²) in [5.41, 5.74) is 0.461. The highest BCUT2D eigenvalue weighted by Crippen LogP contribution is 2.19. The molecule has 128 valence electrons. The van der Waals surface area contributed by atoms with Crippen LogP contribution in [0.5, 0.6) is 0 Å². The average molecular weight is 337 g/mol. The van der Waals surface area contributed by atoms with Crippen LogP contribution in [0.3, 0.4) is 0 Å². The number of hydrogen-bond acceptors (Lipinski definition) is 7. The van der Waals surface area contributed by atoms with Crippen LogP contribution in [-0.2, 0) is 6.54 Å². The van der Waals surface area contributed by atoms with Gasteiger partial charge in [0, 0.05) is 45.1 Å². The lowest BCUT2D eigenvalue weighted by Gasteiger charge is -2.35. The SMILES string of the molecule is CCn1cnc(=O)c2ccc(N3CCN(c4cnccn4)CC3)nc21. The Labute approximate surface area is 144 Å². The number of rotatable bonds is 3. The molecule has 4 heterocycles. The molecule has 4 rings (SSSR count). The van der Waals surface area contributed by atoms with E-state index in [0.29, 0.717) is 11.0 Å². The van der Waals surface area contributed by atoms with Crippen LogP contribution < -0.4 is 15.4 Å². The average Bonchev–Trinajstić information content (AvgIpc) is 2.69. The number of pyridine rings is 1. The number of hydrogen-bond donors (Lipinski definition) is 0. The fourth-order valence-electron chi connectivity index (χ4n) is 3.10. The molecule has 0 atom stereocenters. The maximum atomic E-state index is 11.9. The molecule has 0 saturated carbocycles. The first-order chi connectivity index (χ1) is 12.3. The zero-order valence-electron chi connectivity index (χ0n) is 14.0. The molecule has 1 aliphatic rings. The van der Waals surface area contributed by atoms with Gasteiger partial charge in [-0.1, -0.05) is 0 Å². The van der Waals surface area contributed by atoms with Crippen LogP contribution in [-0.4, -0.2) is 50.7 Å². The van der Waals surface area contributed by atoms with Crippen LogP contribution in [0.25, 0.3) is 11.0 Å². The Bertz CT molecular complexity index is 933. The smallest absolute Gasteiger partial charge is 0.282 e. The molecule has 0 amide bonds. The third-order valence-corrected chi connectivity index (χ3v) is 4.50. The van der Waals surface area contributed by atoms with Gasteiger partial charge in [-0.15, -0.1) is 0 Å². The van der Waals surface area contributed by atoms with E-state index in [1.165, 1.54) is 0 Å². The number of fused-ring (bicyclic) bond motifs is 1. The van der Waals surface area contributed by atoms with Gasteiger partial charge in [0.25, 0.3) is 5.56 Å². The highest BCUT2D eigenvalue weighted by molar-refractivity contribution is 5.76. The van der Waals surface area contributed by atoms with E-state index in [1.807, 2.05) is 23.6 Å². The van der Waals surface area contributed by atoms with E-state index in [4.69, 9.17) is 4.98 Å². The molecule has 8 heteroatoms. The molecular formula is C17H19N7O. The molecule has 25 heavy (non-hydrogen) atoms. The van der Waals surface area contributed by atoms with Crippen LogP contribution in [0.15, 0.2) is 41.8 Å². The summed E-state index contributed by atoms with van der Waals surface area (Å²) in [6, 6.07) is 3.73. The molecule has 3 aromatic rings. The van der Waals surface area contributed by atoms with Gasteiger partial charge >= 0.3 is 0 Å². The van der Waals surface area contributed by atoms with E-state index < -0.39 is 0 Å². The standard InChI is InChI=1S/C17H19N7O/c1-2-22-12-20-17(25)13-3-4-14(21-16(13)22)23-7-9-24(10-8-23)15-11-18-5-6-19-15/h3-6,11-12H,2,7-10H2,1H3. The second-order valence-electron chi connectivity index (χ2n) is 5.91. The van der Waals surface area contributed by atoms with Crippen molar-refractivity contribution in [2.45, 2.75) is 13.5 Å². The quantitative estimate of drug-likeness (QED) is 0.703. The fourth-order valence-corrected chi connectivity index (χ4v) is 3.10. The Morgan fingerprint density at radius 3 is 2.44 bits per heavy atom. The number of anilines is 2. The minimum absolute atomic E-state index is 0.230. The molecule has 0 bridgehead atoms. The van der Waals surface area contributed by atoms with Crippen molar-refractivity contribution in [3.8, 4) is 0 Å². The summed E-state index contributed by atoms with van der Waals surface area (Å²) in [6.45, 7) is 6.14. The van der Waals surface area contributed by atoms with Gasteiger partial charge in [0.05, 0.1) is 11.6 Å². The lowest BCUT2D eigenvalue weighted by molar-refractivity contribution is 0.640. The van der Waals surface area contributed by atoms with Crippen molar-refractivity contribution >= 4 is 22.7 Å². The predicted octanol–water partition coefficient (Wildman–Crippen LogP) is 0.928. The van der Waals surface area contributed by atoms with Gasteiger partial charge in [0.15, 0.2) is 0 Å². The van der Waals surface area contributed by atoms with Crippen molar-refractivity contribution in [1.29, 1.82) is 0 Å². The van der Waals surface area contributed by atoms with Crippen molar-refractivity contribution in [2.75, 3.05) is 36.0 Å². The molecule has 1 saturated heterocycles. The second-order valence-corrected chi connectivity index (χ2v) is 5.91. The van der Waals surface area contributed by atoms with Gasteiger partial charge in [-0.2, -0.15) is 4.98 Å². The van der Waals surface area contributed by atoms with Crippen LogP contribution in [0.1, 0.15) is 6.92 Å². The van der Waals surface area contributed by atoms with Crippen LogP contribution in [0.2, 0.25) is 0 Å². The Morgan fingerprint density at radius 2 is 1.76 bits per heavy atom. The molecule has 0 spiro atoms. The molecule has 1 aliphatic heterocycles. The Balaban J connectivity index is 1.58. The predicted molar refractivity (Wildman–Crippen MR) is 95.9 cm³/mol. The molecule has 0 radical (unpaired) electrons. The summed E-state index contributed by atoms with van der Waals surface area (Å²) in [5.74, 6) is 1.79. The normalized spacial score (nSPS) is 14.9. The zero-order chi connectivity index (χ0) is 17.2. The van der Waals surface area contributed by atoms with Crippen LogP contribution >= 0.6 is 0 Å². The summed E-state index contributed by atoms with van der Waals surface area (Å²) < 4.78 is 1.90. The molecule has 3 aromatic heterocycles. The van der Waals surface area contributed by atoms with E-state index in [-0.39, 0.29) is 5.56 Å². The maximum absolute atomic E-state index is 11.9. The maximum Gasteiger partial charge on any atom is 0.282 e. The van der Waals surface area contributed by atoms with Gasteiger partial charge in [-0.25, -0.2) is 9.97 Å². The molecule has 0 aromatic carbocycles. The van der Waals surface area contributed by atoms with Crippen molar-refractivity contribution in [2.24, 2.45) is 0 Å². The van der Waals surface area contributed by atoms with Crippen molar-refractivity contribution in [3.05, 3.63) is 47.4 Å². The van der Waals surface area contributed by atoms with E-state index in [9.17, 15) is 4.79 Å². The van der Waals surface area contributed by atoms with E-state index in [0.717, 1.165) is 44.4 Å². The van der Waals surface area contributed by atoms with Crippen molar-refractivity contribution in [1.82, 2.24) is 24.5 Å². The Kier molecular flexibility index (Phi) is 4.01. The topological polar surface area (TPSA) is 80.0 Å². The van der Waals surface area contributed by atoms with Crippen LogP contribution in [0.4, 0.5) is 11.6 Å². The molecule has 0 aliphatic carbocycles. The molecule has 8 nitrogen and oxygen atoms in total. The zero-order valence-corrected chi connectivity index (χ0v) is 14.0. The highest BCUT2D eigenvalue weighted by atomic mass is 16.1. The lowest BCUT2D eigenvalue weighted by Crippen LogP contribution is -2.47. The van der Waals surface area contributed by atoms with Gasteiger partial charge in [-0.3, -0.25) is 9.78 Å². The number of piperazine rings is 1. The number of nitrogens with zero attached hydrogens (tertiary/aromatic N) is 7. The molecule has 1 fully saturated rings. The Morgan fingerprint density at radius 1 is 1.00 bits per heavy atom. The third kappa shape index (κ3) is 2.90. The first-order valence-electron chi connectivity index (χ1n) is 8.38. The Hall–Kier alpha value is -3.03. The summed E-state index contributed by atoms with van der Waals surface area (Å²) in [5, 5.41) is 0.561. The minimum Gasteiger partial charge on any atom is -0.353 e. The first-order valence-corrected chi connectivity index (χ1v) is 8.38. The van der Waals surface area contributed by atoms with E-state index in [2.05, 4.69) is 24.8 Å². The van der Waals surface area contributed by atoms with E-state index >= 15 is 0 Å². The highest BCUT2D eigenvalue weighted by Gasteiger charge is 2.20. The van der Waals surface area contributed by atoms with Crippen molar-refractivity contribution in [3.63, 3.8) is 0 Å². The third-order valence-electron chi connectivity index (χ3n) is 4.50. The number of aromatic nitrogens is 5. The van der Waals surface area contributed by atoms with Gasteiger partial charge in [0.2, 0.25) is 0 Å². The summed E-state index contributed by atoms with van der Waals surface area (Å²) in [6.07, 6.45) is 6.75. The first kappa shape index (κ1) is 15.5. The monoisotopic (exact) mass is 337 g/mol. The van der Waals surface area contributed by atoms with Crippen LogP contribution in [0, 0.1) is 0 Å². The summed E-state index contributed by atoms with van der Waals surface area (Å²) in [4.78, 5) is 33.5. The second kappa shape index (κ2) is 6.46. The van der Waals surface area contributed by atoms with Gasteiger partial charge in [-0.05, 0) is 19.1 Å². The molecule has 0 N–H and O–H groups in total. The lowest BCUT2D eigenvalue weighted by atomic mass is 10.2. The molecular weight excluding hydrogens is 318 g/mol. The summed E-state index contributed by atoms with van der Waals surface area (Å²) in [7, 11) is 0. The van der Waals surface area contributed by atoms with E-state index in [1.54, 1.807) is 24.9 Å². The van der Waals surface area contributed by atoms with Gasteiger partial charge < -0.3 is 14.4 Å². The summed E-state index contributed by atoms with van der Waals surface area (Å²) >= 11 is 0. The molecule has 0 unspecified atom stereocenters. The number of aryl methyl sites for hydroxylation is 1. The minimum atomic E-state index is -0.230. The van der Waals surface area contributed by atoms with Crippen molar-refractivity contribution < 1.29 is 0 Å².